The zero-order valence-corrected chi connectivity index (χ0v) is 11.2. The van der Waals surface area contributed by atoms with Gasteiger partial charge in [-0.25, -0.2) is 0 Å². The van der Waals surface area contributed by atoms with E-state index in [1.54, 1.807) is 6.07 Å². The highest BCUT2D eigenvalue weighted by Crippen LogP contribution is 2.33. The molecule has 4 heteroatoms. The number of aryl methyl sites for hydroxylation is 1. The van der Waals surface area contributed by atoms with E-state index in [9.17, 15) is 10.1 Å². The number of piperidine rings is 1. The lowest BCUT2D eigenvalue weighted by Gasteiger charge is -2.36. The molecule has 0 unspecified atom stereocenters. The highest BCUT2D eigenvalue weighted by Gasteiger charge is 2.26. The van der Waals surface area contributed by atoms with Crippen molar-refractivity contribution in [3.05, 3.63) is 33.9 Å². The highest BCUT2D eigenvalue weighted by molar-refractivity contribution is 5.64. The van der Waals surface area contributed by atoms with E-state index in [0.29, 0.717) is 11.8 Å². The average Bonchev–Trinajstić information content (AvgIpc) is 2.27. The normalized spacial score (nSPS) is 24.1. The van der Waals surface area contributed by atoms with Crippen LogP contribution in [0.1, 0.15) is 25.8 Å². The topological polar surface area (TPSA) is 46.4 Å². The molecule has 1 aromatic carbocycles. The molecule has 0 aromatic heterocycles. The standard InChI is InChI=1S/C14H20N2O2/c1-10-4-5-13(14(7-10)16(17)18)15-8-11(2)6-12(3)9-15/h4-5,7,11-12H,6,8-9H2,1-3H3/t11-,12-/m1/s1. The van der Waals surface area contributed by atoms with Crippen LogP contribution < -0.4 is 4.90 Å². The maximum absolute atomic E-state index is 11.2. The molecule has 98 valence electrons. The lowest BCUT2D eigenvalue weighted by atomic mass is 9.91. The minimum Gasteiger partial charge on any atom is -0.365 e. The molecule has 18 heavy (non-hydrogen) atoms. The van der Waals surface area contributed by atoms with Gasteiger partial charge in [0, 0.05) is 19.2 Å². The van der Waals surface area contributed by atoms with Gasteiger partial charge in [0.05, 0.1) is 4.92 Å². The first-order valence-electron chi connectivity index (χ1n) is 6.47. The van der Waals surface area contributed by atoms with E-state index >= 15 is 0 Å². The summed E-state index contributed by atoms with van der Waals surface area (Å²) in [4.78, 5) is 13.1. The molecule has 4 nitrogen and oxygen atoms in total. The maximum atomic E-state index is 11.2. The van der Waals surface area contributed by atoms with E-state index in [-0.39, 0.29) is 10.6 Å². The maximum Gasteiger partial charge on any atom is 0.292 e. The molecule has 1 fully saturated rings. The van der Waals surface area contributed by atoms with Gasteiger partial charge in [-0.3, -0.25) is 10.1 Å². The molecule has 0 spiro atoms. The number of benzene rings is 1. The average molecular weight is 248 g/mol. The summed E-state index contributed by atoms with van der Waals surface area (Å²) in [7, 11) is 0. The van der Waals surface area contributed by atoms with Gasteiger partial charge in [-0.05, 0) is 36.8 Å². The van der Waals surface area contributed by atoms with Crippen LogP contribution in [0.2, 0.25) is 0 Å². The van der Waals surface area contributed by atoms with Crippen molar-refractivity contribution in [2.24, 2.45) is 11.8 Å². The van der Waals surface area contributed by atoms with Crippen LogP contribution >= 0.6 is 0 Å². The fourth-order valence-corrected chi connectivity index (χ4v) is 2.91. The van der Waals surface area contributed by atoms with Crippen molar-refractivity contribution < 1.29 is 4.92 Å². The Morgan fingerprint density at radius 3 is 2.44 bits per heavy atom. The Hall–Kier alpha value is -1.58. The van der Waals surface area contributed by atoms with Crippen LogP contribution in [-0.2, 0) is 0 Å². The SMILES string of the molecule is Cc1ccc(N2C[C@H](C)C[C@@H](C)C2)c([N+](=O)[O-])c1. The van der Waals surface area contributed by atoms with Crippen molar-refractivity contribution >= 4 is 11.4 Å². The van der Waals surface area contributed by atoms with E-state index in [4.69, 9.17) is 0 Å². The summed E-state index contributed by atoms with van der Waals surface area (Å²) >= 11 is 0. The van der Waals surface area contributed by atoms with Crippen molar-refractivity contribution in [1.29, 1.82) is 0 Å². The summed E-state index contributed by atoms with van der Waals surface area (Å²) in [5.74, 6) is 1.18. The number of rotatable bonds is 2. The molecule has 0 N–H and O–H groups in total. The first kappa shape index (κ1) is 12.9. The first-order valence-corrected chi connectivity index (χ1v) is 6.47. The molecule has 2 rings (SSSR count). The number of nitro groups is 1. The van der Waals surface area contributed by atoms with Crippen molar-refractivity contribution in [1.82, 2.24) is 0 Å². The third kappa shape index (κ3) is 2.63. The second-order valence-electron chi connectivity index (χ2n) is 5.60. The molecule has 1 aliphatic heterocycles. The van der Waals surface area contributed by atoms with E-state index < -0.39 is 0 Å². The van der Waals surface area contributed by atoms with Crippen LogP contribution in [0.5, 0.6) is 0 Å². The molecule has 0 amide bonds. The van der Waals surface area contributed by atoms with Gasteiger partial charge in [0.25, 0.3) is 5.69 Å². The summed E-state index contributed by atoms with van der Waals surface area (Å²) in [5.41, 5.74) is 1.93. The number of nitrogens with zero attached hydrogens (tertiary/aromatic N) is 2. The minimum absolute atomic E-state index is 0.233. The Labute approximate surface area is 108 Å². The number of nitro benzene ring substituents is 1. The van der Waals surface area contributed by atoms with Crippen molar-refractivity contribution in [3.8, 4) is 0 Å². The fraction of sp³-hybridized carbons (Fsp3) is 0.571. The van der Waals surface area contributed by atoms with Gasteiger partial charge >= 0.3 is 0 Å². The predicted octanol–water partition coefficient (Wildman–Crippen LogP) is 3.39. The summed E-state index contributed by atoms with van der Waals surface area (Å²) in [6.45, 7) is 8.13. The fourth-order valence-electron chi connectivity index (χ4n) is 2.91. The zero-order valence-electron chi connectivity index (χ0n) is 11.2. The first-order chi connectivity index (χ1) is 8.47. The Morgan fingerprint density at radius 1 is 1.28 bits per heavy atom. The van der Waals surface area contributed by atoms with Crippen molar-refractivity contribution in [2.75, 3.05) is 18.0 Å². The second-order valence-corrected chi connectivity index (χ2v) is 5.60. The lowest BCUT2D eigenvalue weighted by molar-refractivity contribution is -0.384. The van der Waals surface area contributed by atoms with Gasteiger partial charge in [-0.2, -0.15) is 0 Å². The molecule has 0 saturated carbocycles. The number of hydrogen-bond acceptors (Lipinski definition) is 3. The number of hydrogen-bond donors (Lipinski definition) is 0. The van der Waals surface area contributed by atoms with Gasteiger partial charge in [0.1, 0.15) is 5.69 Å². The van der Waals surface area contributed by atoms with Crippen LogP contribution in [0, 0.1) is 28.9 Å². The number of anilines is 1. The summed E-state index contributed by atoms with van der Waals surface area (Å²) in [5, 5.41) is 11.2. The molecule has 1 aromatic rings. The summed E-state index contributed by atoms with van der Waals surface area (Å²) in [6, 6.07) is 5.50. The lowest BCUT2D eigenvalue weighted by Crippen LogP contribution is -2.39. The van der Waals surface area contributed by atoms with Crippen LogP contribution in [-0.4, -0.2) is 18.0 Å². The third-order valence-corrected chi connectivity index (χ3v) is 3.54. The largest absolute Gasteiger partial charge is 0.365 e. The Kier molecular flexibility index (Phi) is 3.55. The summed E-state index contributed by atoms with van der Waals surface area (Å²) < 4.78 is 0. The molecule has 0 radical (unpaired) electrons. The quantitative estimate of drug-likeness (QED) is 0.595. The molecular weight excluding hydrogens is 228 g/mol. The smallest absolute Gasteiger partial charge is 0.292 e. The predicted molar refractivity (Wildman–Crippen MR) is 73.0 cm³/mol. The summed E-state index contributed by atoms with van der Waals surface area (Å²) in [6.07, 6.45) is 1.20. The van der Waals surface area contributed by atoms with Gasteiger partial charge in [0.15, 0.2) is 0 Å². The molecule has 1 saturated heterocycles. The zero-order chi connectivity index (χ0) is 13.3. The molecule has 1 aliphatic rings. The monoisotopic (exact) mass is 248 g/mol. The van der Waals surface area contributed by atoms with Gasteiger partial charge < -0.3 is 4.90 Å². The second kappa shape index (κ2) is 4.96. The van der Waals surface area contributed by atoms with Crippen molar-refractivity contribution in [3.63, 3.8) is 0 Å². The highest BCUT2D eigenvalue weighted by atomic mass is 16.6. The molecule has 2 atom stereocenters. The van der Waals surface area contributed by atoms with Gasteiger partial charge in [-0.15, -0.1) is 0 Å². The van der Waals surface area contributed by atoms with E-state index in [1.807, 2.05) is 19.1 Å². The Balaban J connectivity index is 2.35. The van der Waals surface area contributed by atoms with E-state index in [2.05, 4.69) is 18.7 Å². The Morgan fingerprint density at radius 2 is 1.89 bits per heavy atom. The van der Waals surface area contributed by atoms with E-state index in [0.717, 1.165) is 24.3 Å². The Bertz CT molecular complexity index is 449. The molecule has 1 heterocycles. The van der Waals surface area contributed by atoms with E-state index in [1.165, 1.54) is 6.42 Å². The van der Waals surface area contributed by atoms with Crippen LogP contribution in [0.3, 0.4) is 0 Å². The van der Waals surface area contributed by atoms with Crippen LogP contribution in [0.4, 0.5) is 11.4 Å². The molecular formula is C14H20N2O2. The molecule has 0 aliphatic carbocycles. The third-order valence-electron chi connectivity index (χ3n) is 3.54. The van der Waals surface area contributed by atoms with Gasteiger partial charge in [0.2, 0.25) is 0 Å². The van der Waals surface area contributed by atoms with Crippen LogP contribution in [0.25, 0.3) is 0 Å². The van der Waals surface area contributed by atoms with Gasteiger partial charge in [-0.1, -0.05) is 19.9 Å². The van der Waals surface area contributed by atoms with Crippen molar-refractivity contribution in [2.45, 2.75) is 27.2 Å². The van der Waals surface area contributed by atoms with Crippen LogP contribution in [0.15, 0.2) is 18.2 Å². The molecule has 0 bridgehead atoms. The minimum atomic E-state index is -0.272.